The lowest BCUT2D eigenvalue weighted by Crippen LogP contribution is -1.99. The van der Waals surface area contributed by atoms with Gasteiger partial charge in [-0.3, -0.25) is 0 Å². The molecule has 1 aromatic heterocycles. The predicted molar refractivity (Wildman–Crippen MR) is 82.3 cm³/mol. The molecule has 3 rings (SSSR count). The fraction of sp³-hybridized carbons (Fsp3) is 0.188. The number of halogens is 2. The quantitative estimate of drug-likeness (QED) is 0.643. The third-order valence-corrected chi connectivity index (χ3v) is 4.05. The molecule has 0 fully saturated rings. The average molecular weight is 350 g/mol. The number of alkyl halides is 1. The molecule has 3 nitrogen and oxygen atoms in total. The Labute approximate surface area is 129 Å². The van der Waals surface area contributed by atoms with Gasteiger partial charge in [-0.2, -0.15) is 0 Å². The van der Waals surface area contributed by atoms with Crippen molar-refractivity contribution < 1.29 is 13.5 Å². The Bertz CT molecular complexity index is 739. The molecule has 0 N–H and O–H groups in total. The number of rotatable bonds is 4. The highest BCUT2D eigenvalue weighted by Crippen LogP contribution is 2.31. The van der Waals surface area contributed by atoms with Crippen molar-refractivity contribution in [3.63, 3.8) is 0 Å². The smallest absolute Gasteiger partial charge is 0.196 e. The Balaban J connectivity index is 1.83. The first-order valence-electron chi connectivity index (χ1n) is 6.49. The maximum atomic E-state index is 14.0. The molecular formula is C16H13BrFNO2. The highest BCUT2D eigenvalue weighted by Gasteiger charge is 2.17. The van der Waals surface area contributed by atoms with Gasteiger partial charge in [0, 0.05) is 18.1 Å². The minimum absolute atomic E-state index is 0.212. The first-order chi connectivity index (χ1) is 10.2. The van der Waals surface area contributed by atoms with Crippen LogP contribution in [0.25, 0.3) is 11.1 Å². The number of oxazole rings is 1. The zero-order valence-electron chi connectivity index (χ0n) is 11.3. The van der Waals surface area contributed by atoms with Crippen LogP contribution in [0.3, 0.4) is 0 Å². The lowest BCUT2D eigenvalue weighted by Gasteiger charge is -2.10. The van der Waals surface area contributed by atoms with E-state index in [4.69, 9.17) is 9.15 Å². The number of ether oxygens (including phenoxy) is 1. The molecule has 0 saturated carbocycles. The highest BCUT2D eigenvalue weighted by atomic mass is 79.9. The molecule has 5 heteroatoms. The van der Waals surface area contributed by atoms with E-state index in [2.05, 4.69) is 20.9 Å². The fourth-order valence-corrected chi connectivity index (χ4v) is 2.81. The maximum Gasteiger partial charge on any atom is 0.196 e. The van der Waals surface area contributed by atoms with Crippen molar-refractivity contribution in [3.05, 3.63) is 59.7 Å². The molecule has 0 bridgehead atoms. The summed E-state index contributed by atoms with van der Waals surface area (Å²) in [5.41, 5.74) is 2.10. The van der Waals surface area contributed by atoms with Crippen LogP contribution < -0.4 is 4.74 Å². The first-order valence-corrected chi connectivity index (χ1v) is 7.41. The lowest BCUT2D eigenvalue weighted by atomic mass is 10.1. The van der Waals surface area contributed by atoms with Crippen molar-refractivity contribution in [1.82, 2.24) is 4.98 Å². The molecule has 0 aliphatic rings. The molecule has 2 aromatic carbocycles. The van der Waals surface area contributed by atoms with Gasteiger partial charge in [-0.15, -0.1) is 0 Å². The van der Waals surface area contributed by atoms with Gasteiger partial charge in [0.25, 0.3) is 0 Å². The molecule has 1 unspecified atom stereocenters. The second-order valence-electron chi connectivity index (χ2n) is 4.63. The van der Waals surface area contributed by atoms with Gasteiger partial charge < -0.3 is 9.15 Å². The van der Waals surface area contributed by atoms with E-state index in [0.29, 0.717) is 23.6 Å². The van der Waals surface area contributed by atoms with Crippen LogP contribution in [0.1, 0.15) is 16.3 Å². The molecule has 21 heavy (non-hydrogen) atoms. The van der Waals surface area contributed by atoms with E-state index in [1.165, 1.54) is 13.2 Å². The van der Waals surface area contributed by atoms with E-state index in [-0.39, 0.29) is 10.6 Å². The van der Waals surface area contributed by atoms with Crippen molar-refractivity contribution in [2.24, 2.45) is 0 Å². The summed E-state index contributed by atoms with van der Waals surface area (Å²) in [5, 5.41) is 0. The standard InChI is InChI=1S/C16H13BrFNO2/c1-20-10-6-7-11(13(18)8-10)12(17)9-16-19-14-4-2-3-5-15(14)21-16/h2-8,12H,9H2,1H3. The Hall–Kier alpha value is -1.88. The van der Waals surface area contributed by atoms with Gasteiger partial charge in [0.1, 0.15) is 17.1 Å². The third kappa shape index (κ3) is 2.93. The van der Waals surface area contributed by atoms with Gasteiger partial charge in [0.2, 0.25) is 0 Å². The average Bonchev–Trinajstić information content (AvgIpc) is 2.88. The summed E-state index contributed by atoms with van der Waals surface area (Å²) < 4.78 is 24.7. The summed E-state index contributed by atoms with van der Waals surface area (Å²) in [5.74, 6) is 0.762. The van der Waals surface area contributed by atoms with Crippen molar-refractivity contribution in [2.75, 3.05) is 7.11 Å². The Morgan fingerprint density at radius 3 is 2.81 bits per heavy atom. The second-order valence-corrected chi connectivity index (χ2v) is 5.74. The number of hydrogen-bond acceptors (Lipinski definition) is 3. The number of fused-ring (bicyclic) bond motifs is 1. The molecule has 3 aromatic rings. The van der Waals surface area contributed by atoms with Gasteiger partial charge in [-0.25, -0.2) is 9.37 Å². The number of hydrogen-bond donors (Lipinski definition) is 0. The second kappa shape index (κ2) is 5.85. The zero-order chi connectivity index (χ0) is 14.8. The number of benzene rings is 2. The van der Waals surface area contributed by atoms with Crippen LogP contribution in [-0.2, 0) is 6.42 Å². The normalized spacial score (nSPS) is 12.5. The first kappa shape index (κ1) is 14.1. The van der Waals surface area contributed by atoms with Crippen LogP contribution in [0.4, 0.5) is 4.39 Å². The molecule has 108 valence electrons. The molecule has 1 heterocycles. The van der Waals surface area contributed by atoms with Gasteiger partial charge in [0.05, 0.1) is 11.9 Å². The van der Waals surface area contributed by atoms with E-state index in [9.17, 15) is 4.39 Å². The molecular weight excluding hydrogens is 337 g/mol. The Morgan fingerprint density at radius 1 is 1.29 bits per heavy atom. The predicted octanol–water partition coefficient (Wildman–Crippen LogP) is 4.65. The minimum Gasteiger partial charge on any atom is -0.497 e. The third-order valence-electron chi connectivity index (χ3n) is 3.24. The molecule has 1 atom stereocenters. The minimum atomic E-state index is -0.313. The van der Waals surface area contributed by atoms with E-state index in [1.54, 1.807) is 12.1 Å². The molecule has 0 spiro atoms. The van der Waals surface area contributed by atoms with Gasteiger partial charge in [-0.1, -0.05) is 34.1 Å². The van der Waals surface area contributed by atoms with Crippen molar-refractivity contribution in [2.45, 2.75) is 11.2 Å². The van der Waals surface area contributed by atoms with E-state index < -0.39 is 0 Å². The summed E-state index contributed by atoms with van der Waals surface area (Å²) in [6, 6.07) is 12.4. The fourth-order valence-electron chi connectivity index (χ4n) is 2.16. The van der Waals surface area contributed by atoms with Crippen LogP contribution in [0.15, 0.2) is 46.9 Å². The summed E-state index contributed by atoms with van der Waals surface area (Å²) in [4.78, 5) is 4.19. The molecule has 0 aliphatic heterocycles. The van der Waals surface area contributed by atoms with Crippen LogP contribution in [0.2, 0.25) is 0 Å². The van der Waals surface area contributed by atoms with Crippen molar-refractivity contribution in [1.29, 1.82) is 0 Å². The van der Waals surface area contributed by atoms with Gasteiger partial charge in [-0.05, 0) is 18.2 Å². The maximum absolute atomic E-state index is 14.0. The van der Waals surface area contributed by atoms with Gasteiger partial charge >= 0.3 is 0 Å². The topological polar surface area (TPSA) is 35.3 Å². The lowest BCUT2D eigenvalue weighted by molar-refractivity contribution is 0.410. The van der Waals surface area contributed by atoms with Crippen LogP contribution in [-0.4, -0.2) is 12.1 Å². The number of aromatic nitrogens is 1. The summed E-state index contributed by atoms with van der Waals surface area (Å²) in [6.07, 6.45) is 0.470. The molecule has 0 aliphatic carbocycles. The highest BCUT2D eigenvalue weighted by molar-refractivity contribution is 9.09. The van der Waals surface area contributed by atoms with Gasteiger partial charge in [0.15, 0.2) is 11.5 Å². The SMILES string of the molecule is COc1ccc(C(Br)Cc2nc3ccccc3o2)c(F)c1. The van der Waals surface area contributed by atoms with Crippen LogP contribution >= 0.6 is 15.9 Å². The van der Waals surface area contributed by atoms with E-state index in [1.807, 2.05) is 24.3 Å². The Kier molecular flexibility index (Phi) is 3.92. The number of para-hydroxylation sites is 2. The monoisotopic (exact) mass is 349 g/mol. The van der Waals surface area contributed by atoms with Crippen LogP contribution in [0.5, 0.6) is 5.75 Å². The summed E-state index contributed by atoms with van der Waals surface area (Å²) in [7, 11) is 1.51. The van der Waals surface area contributed by atoms with E-state index >= 15 is 0 Å². The Morgan fingerprint density at radius 2 is 2.10 bits per heavy atom. The largest absolute Gasteiger partial charge is 0.497 e. The van der Waals surface area contributed by atoms with E-state index in [0.717, 1.165) is 11.1 Å². The zero-order valence-corrected chi connectivity index (χ0v) is 12.9. The number of methoxy groups -OCH3 is 1. The van der Waals surface area contributed by atoms with Crippen molar-refractivity contribution in [3.8, 4) is 5.75 Å². The molecule has 0 radical (unpaired) electrons. The number of nitrogens with zero attached hydrogens (tertiary/aromatic N) is 1. The van der Waals surface area contributed by atoms with Crippen LogP contribution in [0, 0.1) is 5.82 Å². The molecule has 0 amide bonds. The molecule has 0 saturated heterocycles. The summed E-state index contributed by atoms with van der Waals surface area (Å²) >= 11 is 3.50. The summed E-state index contributed by atoms with van der Waals surface area (Å²) in [6.45, 7) is 0. The van der Waals surface area contributed by atoms with Crippen molar-refractivity contribution >= 4 is 27.0 Å².